The van der Waals surface area contributed by atoms with Gasteiger partial charge in [0.05, 0.1) is 11.1 Å². The summed E-state index contributed by atoms with van der Waals surface area (Å²) in [5.74, 6) is 0.0147. The van der Waals surface area contributed by atoms with Gasteiger partial charge in [-0.25, -0.2) is 0 Å². The van der Waals surface area contributed by atoms with Gasteiger partial charge in [0.15, 0.2) is 5.69 Å². The summed E-state index contributed by atoms with van der Waals surface area (Å²) in [6.07, 6.45) is 3.87. The van der Waals surface area contributed by atoms with E-state index in [2.05, 4.69) is 52.5 Å². The number of nitrogens with one attached hydrogen (secondary N) is 1. The lowest BCUT2D eigenvalue weighted by molar-refractivity contribution is -0.128. The molecule has 1 aromatic heterocycles. The van der Waals surface area contributed by atoms with E-state index in [4.69, 9.17) is 4.74 Å². The molecule has 31 heavy (non-hydrogen) atoms. The van der Waals surface area contributed by atoms with Gasteiger partial charge in [0, 0.05) is 37.7 Å². The molecule has 0 radical (unpaired) electrons. The third kappa shape index (κ3) is 4.10. The monoisotopic (exact) mass is 418 g/mol. The van der Waals surface area contributed by atoms with Crippen LogP contribution in [0, 0.1) is 0 Å². The molecule has 162 valence electrons. The number of benzene rings is 2. The standard InChI is InChI=1S/C25H30N4O2/c1-28(18-19-7-3-2-4-8-19)20-11-16-31-25(17-20)12-14-29(15-13-25)24(30)23-21-9-5-6-10-22(21)26-27-23/h2-10,20H,11-18H2,1H3,(H,26,27). The molecular formula is C25H30N4O2. The van der Waals surface area contributed by atoms with Crippen LogP contribution in [0.2, 0.25) is 0 Å². The predicted molar refractivity (Wildman–Crippen MR) is 121 cm³/mol. The Labute approximate surface area is 183 Å². The normalized spacial score (nSPS) is 21.1. The summed E-state index contributed by atoms with van der Waals surface area (Å²) >= 11 is 0. The van der Waals surface area contributed by atoms with Crippen molar-refractivity contribution in [3.63, 3.8) is 0 Å². The molecule has 3 heterocycles. The van der Waals surface area contributed by atoms with Gasteiger partial charge in [0.1, 0.15) is 0 Å². The fourth-order valence-electron chi connectivity index (χ4n) is 5.12. The zero-order chi connectivity index (χ0) is 21.3. The summed E-state index contributed by atoms with van der Waals surface area (Å²) in [5.41, 5.74) is 2.66. The first-order chi connectivity index (χ1) is 15.1. The number of hydrogen-bond acceptors (Lipinski definition) is 4. The first kappa shape index (κ1) is 20.2. The highest BCUT2D eigenvalue weighted by Gasteiger charge is 2.42. The van der Waals surface area contributed by atoms with Gasteiger partial charge in [-0.1, -0.05) is 48.5 Å². The number of piperidine rings is 1. The summed E-state index contributed by atoms with van der Waals surface area (Å²) < 4.78 is 6.34. The van der Waals surface area contributed by atoms with E-state index in [1.807, 2.05) is 29.2 Å². The van der Waals surface area contributed by atoms with Crippen LogP contribution >= 0.6 is 0 Å². The number of para-hydroxylation sites is 1. The Hall–Kier alpha value is -2.70. The second kappa shape index (κ2) is 8.44. The average Bonchev–Trinajstić information content (AvgIpc) is 3.24. The number of amides is 1. The smallest absolute Gasteiger partial charge is 0.274 e. The molecule has 0 bridgehead atoms. The van der Waals surface area contributed by atoms with Gasteiger partial charge in [-0.05, 0) is 44.4 Å². The van der Waals surface area contributed by atoms with Crippen LogP contribution in [0.4, 0.5) is 0 Å². The summed E-state index contributed by atoms with van der Waals surface area (Å²) in [6.45, 7) is 3.18. The molecule has 1 atom stereocenters. The van der Waals surface area contributed by atoms with Crippen LogP contribution in [-0.4, -0.2) is 64.3 Å². The number of nitrogens with zero attached hydrogens (tertiary/aromatic N) is 3. The number of carbonyl (C=O) groups excluding carboxylic acids is 1. The number of fused-ring (bicyclic) bond motifs is 1. The van der Waals surface area contributed by atoms with E-state index < -0.39 is 0 Å². The van der Waals surface area contributed by atoms with Crippen LogP contribution in [0.3, 0.4) is 0 Å². The van der Waals surface area contributed by atoms with Crippen molar-refractivity contribution in [2.24, 2.45) is 0 Å². The van der Waals surface area contributed by atoms with Gasteiger partial charge in [-0.2, -0.15) is 5.10 Å². The van der Waals surface area contributed by atoms with Crippen LogP contribution in [-0.2, 0) is 11.3 Å². The highest BCUT2D eigenvalue weighted by molar-refractivity contribution is 6.04. The van der Waals surface area contributed by atoms with Crippen LogP contribution in [0.25, 0.3) is 10.9 Å². The van der Waals surface area contributed by atoms with Crippen LogP contribution in [0.15, 0.2) is 54.6 Å². The lowest BCUT2D eigenvalue weighted by Gasteiger charge is -2.47. The Bertz CT molecular complexity index is 1040. The van der Waals surface area contributed by atoms with Gasteiger partial charge in [-0.3, -0.25) is 14.8 Å². The molecule has 2 aliphatic rings. The molecule has 1 amide bonds. The first-order valence-corrected chi connectivity index (χ1v) is 11.2. The summed E-state index contributed by atoms with van der Waals surface area (Å²) in [5, 5.41) is 8.16. The molecule has 1 N–H and O–H groups in total. The van der Waals surface area contributed by atoms with Gasteiger partial charge >= 0.3 is 0 Å². The zero-order valence-corrected chi connectivity index (χ0v) is 18.1. The maximum absolute atomic E-state index is 13.1. The van der Waals surface area contributed by atoms with E-state index in [1.54, 1.807) is 0 Å². The fourth-order valence-corrected chi connectivity index (χ4v) is 5.12. The number of aromatic amines is 1. The van der Waals surface area contributed by atoms with Crippen molar-refractivity contribution in [1.82, 2.24) is 20.0 Å². The van der Waals surface area contributed by atoms with E-state index in [0.29, 0.717) is 11.7 Å². The van der Waals surface area contributed by atoms with Crippen molar-refractivity contribution in [3.05, 3.63) is 65.9 Å². The van der Waals surface area contributed by atoms with Gasteiger partial charge < -0.3 is 9.64 Å². The largest absolute Gasteiger partial charge is 0.375 e. The average molecular weight is 419 g/mol. The number of ether oxygens (including phenoxy) is 1. The van der Waals surface area contributed by atoms with E-state index in [-0.39, 0.29) is 11.5 Å². The molecule has 2 saturated heterocycles. The number of likely N-dealkylation sites (tertiary alicyclic amines) is 1. The van der Waals surface area contributed by atoms with E-state index >= 15 is 0 Å². The number of H-pyrrole nitrogens is 1. The van der Waals surface area contributed by atoms with Crippen molar-refractivity contribution in [2.45, 2.75) is 43.9 Å². The molecule has 3 aromatic rings. The van der Waals surface area contributed by atoms with Crippen LogP contribution in [0.1, 0.15) is 41.7 Å². The van der Waals surface area contributed by atoms with E-state index in [0.717, 1.165) is 62.8 Å². The minimum atomic E-state index is -0.113. The highest BCUT2D eigenvalue weighted by Crippen LogP contribution is 2.37. The van der Waals surface area contributed by atoms with Gasteiger partial charge in [0.2, 0.25) is 0 Å². The minimum Gasteiger partial charge on any atom is -0.375 e. The lowest BCUT2D eigenvalue weighted by Crippen LogP contribution is -2.54. The minimum absolute atomic E-state index is 0.0147. The Morgan fingerprint density at radius 3 is 2.71 bits per heavy atom. The number of hydrogen-bond donors (Lipinski definition) is 1. The summed E-state index contributed by atoms with van der Waals surface area (Å²) in [6, 6.07) is 18.9. The summed E-state index contributed by atoms with van der Waals surface area (Å²) in [7, 11) is 2.22. The lowest BCUT2D eigenvalue weighted by atomic mass is 9.81. The van der Waals surface area contributed by atoms with Crippen LogP contribution < -0.4 is 0 Å². The van der Waals surface area contributed by atoms with Crippen molar-refractivity contribution >= 4 is 16.8 Å². The molecule has 6 nitrogen and oxygen atoms in total. The molecule has 6 heteroatoms. The van der Waals surface area contributed by atoms with Crippen molar-refractivity contribution in [1.29, 1.82) is 0 Å². The molecule has 2 aromatic carbocycles. The SMILES string of the molecule is CN(Cc1ccccc1)C1CCOC2(CCN(C(=O)c3n[nH]c4ccccc34)CC2)C1. The second-order valence-electron chi connectivity index (χ2n) is 8.99. The molecule has 2 fully saturated rings. The molecule has 5 rings (SSSR count). The van der Waals surface area contributed by atoms with Crippen molar-refractivity contribution in [2.75, 3.05) is 26.7 Å². The van der Waals surface area contributed by atoms with E-state index in [1.165, 1.54) is 5.56 Å². The molecule has 0 aliphatic carbocycles. The Kier molecular flexibility index (Phi) is 5.50. The third-order valence-electron chi connectivity index (χ3n) is 7.00. The fraction of sp³-hybridized carbons (Fsp3) is 0.440. The first-order valence-electron chi connectivity index (χ1n) is 11.2. The molecule has 0 saturated carbocycles. The third-order valence-corrected chi connectivity index (χ3v) is 7.00. The van der Waals surface area contributed by atoms with Crippen molar-refractivity contribution in [3.8, 4) is 0 Å². The molecule has 1 unspecified atom stereocenters. The van der Waals surface area contributed by atoms with Gasteiger partial charge in [0.25, 0.3) is 5.91 Å². The Balaban J connectivity index is 1.22. The zero-order valence-electron chi connectivity index (χ0n) is 18.1. The topological polar surface area (TPSA) is 61.5 Å². The number of carbonyl (C=O) groups is 1. The Morgan fingerprint density at radius 2 is 1.90 bits per heavy atom. The Morgan fingerprint density at radius 1 is 1.16 bits per heavy atom. The second-order valence-corrected chi connectivity index (χ2v) is 8.99. The highest BCUT2D eigenvalue weighted by atomic mass is 16.5. The molecule has 2 aliphatic heterocycles. The van der Waals surface area contributed by atoms with E-state index in [9.17, 15) is 4.79 Å². The molecular weight excluding hydrogens is 388 g/mol. The van der Waals surface area contributed by atoms with Gasteiger partial charge in [-0.15, -0.1) is 0 Å². The predicted octanol–water partition coefficient (Wildman–Crippen LogP) is 3.85. The van der Waals surface area contributed by atoms with Crippen molar-refractivity contribution < 1.29 is 9.53 Å². The maximum Gasteiger partial charge on any atom is 0.274 e. The number of rotatable bonds is 4. The quantitative estimate of drug-likeness (QED) is 0.699. The van der Waals surface area contributed by atoms with Crippen LogP contribution in [0.5, 0.6) is 0 Å². The maximum atomic E-state index is 13.1. The summed E-state index contributed by atoms with van der Waals surface area (Å²) in [4.78, 5) is 17.5. The number of aromatic nitrogens is 2. The molecule has 1 spiro atoms.